The van der Waals surface area contributed by atoms with Crippen LogP contribution in [0.3, 0.4) is 0 Å². The fourth-order valence-corrected chi connectivity index (χ4v) is 5.00. The fraction of sp³-hybridized carbons (Fsp3) is 0.400. The standard InChI is InChI=1S/C20H23N7O2S/c1-25-17-16(23-19(24-17)26-8-4-6-13(21)10-26)18(28)27(20(25)29)11-15-22-9-12-5-2-3-7-14(12)30-15/h2-3,5,7,13H,4,6,8-11,21H2,1H3,(H,23,24). The van der Waals surface area contributed by atoms with Crippen LogP contribution in [-0.4, -0.2) is 43.3 Å². The van der Waals surface area contributed by atoms with Gasteiger partial charge in [0, 0.05) is 31.1 Å². The molecule has 1 atom stereocenters. The topological polar surface area (TPSA) is 114 Å². The number of rotatable bonds is 3. The van der Waals surface area contributed by atoms with Crippen molar-refractivity contribution in [2.45, 2.75) is 36.9 Å². The molecule has 1 saturated heterocycles. The summed E-state index contributed by atoms with van der Waals surface area (Å²) in [7, 11) is 1.64. The molecule has 2 aliphatic heterocycles. The first-order valence-corrected chi connectivity index (χ1v) is 10.8. The number of fused-ring (bicyclic) bond motifs is 2. The first-order valence-electron chi connectivity index (χ1n) is 10.0. The number of H-pyrrole nitrogens is 1. The van der Waals surface area contributed by atoms with Crippen LogP contribution in [-0.2, 0) is 20.1 Å². The number of anilines is 1. The van der Waals surface area contributed by atoms with Crippen molar-refractivity contribution in [2.24, 2.45) is 17.8 Å². The summed E-state index contributed by atoms with van der Waals surface area (Å²) < 4.78 is 2.65. The summed E-state index contributed by atoms with van der Waals surface area (Å²) in [5, 5.41) is 0.744. The van der Waals surface area contributed by atoms with E-state index >= 15 is 0 Å². The average Bonchev–Trinajstić information content (AvgIpc) is 3.21. The van der Waals surface area contributed by atoms with Crippen molar-refractivity contribution in [3.8, 4) is 0 Å². The number of piperidine rings is 1. The van der Waals surface area contributed by atoms with Gasteiger partial charge >= 0.3 is 5.69 Å². The third kappa shape index (κ3) is 3.25. The molecule has 3 aromatic rings. The molecule has 156 valence electrons. The molecule has 2 aliphatic rings. The SMILES string of the molecule is Cn1c(=O)n(CC2=NCc3ccccc3S2)c(=O)c2[nH]c(N3CCCC(N)C3)nc21. The number of aryl methyl sites for hydroxylation is 1. The quantitative estimate of drug-likeness (QED) is 0.648. The third-order valence-electron chi connectivity index (χ3n) is 5.64. The number of nitrogens with zero attached hydrogens (tertiary/aromatic N) is 5. The zero-order valence-electron chi connectivity index (χ0n) is 16.7. The van der Waals surface area contributed by atoms with E-state index in [9.17, 15) is 9.59 Å². The van der Waals surface area contributed by atoms with E-state index in [0.29, 0.717) is 30.2 Å². The van der Waals surface area contributed by atoms with Crippen LogP contribution in [0.4, 0.5) is 5.95 Å². The predicted octanol–water partition coefficient (Wildman–Crippen LogP) is 1.06. The molecule has 30 heavy (non-hydrogen) atoms. The molecule has 3 N–H and O–H groups in total. The molecular formula is C20H23N7O2S. The van der Waals surface area contributed by atoms with Crippen molar-refractivity contribution in [1.82, 2.24) is 19.1 Å². The molecule has 1 unspecified atom stereocenters. The second-order valence-corrected chi connectivity index (χ2v) is 8.88. The van der Waals surface area contributed by atoms with Gasteiger partial charge in [-0.25, -0.2) is 4.79 Å². The molecular weight excluding hydrogens is 402 g/mol. The van der Waals surface area contributed by atoms with Crippen LogP contribution in [0.25, 0.3) is 11.2 Å². The van der Waals surface area contributed by atoms with Crippen LogP contribution in [0.1, 0.15) is 18.4 Å². The van der Waals surface area contributed by atoms with Crippen LogP contribution in [0.15, 0.2) is 43.7 Å². The summed E-state index contributed by atoms with van der Waals surface area (Å²) in [6.07, 6.45) is 1.95. The lowest BCUT2D eigenvalue weighted by atomic mass is 10.1. The molecule has 1 fully saturated rings. The van der Waals surface area contributed by atoms with E-state index in [4.69, 9.17) is 5.73 Å². The molecule has 0 amide bonds. The molecule has 4 heterocycles. The third-order valence-corrected chi connectivity index (χ3v) is 6.76. The van der Waals surface area contributed by atoms with Gasteiger partial charge in [-0.1, -0.05) is 30.0 Å². The molecule has 0 saturated carbocycles. The zero-order valence-corrected chi connectivity index (χ0v) is 17.5. The predicted molar refractivity (Wildman–Crippen MR) is 118 cm³/mol. The minimum Gasteiger partial charge on any atom is -0.341 e. The molecule has 5 rings (SSSR count). The number of benzene rings is 1. The molecule has 0 radical (unpaired) electrons. The van der Waals surface area contributed by atoms with Gasteiger partial charge in [-0.2, -0.15) is 4.98 Å². The number of aromatic nitrogens is 4. The lowest BCUT2D eigenvalue weighted by molar-refractivity contribution is 0.501. The van der Waals surface area contributed by atoms with Crippen molar-refractivity contribution in [3.05, 3.63) is 50.7 Å². The fourth-order valence-electron chi connectivity index (χ4n) is 4.01. The first-order chi connectivity index (χ1) is 14.5. The van der Waals surface area contributed by atoms with E-state index in [-0.39, 0.29) is 18.1 Å². The number of aliphatic imine (C=N–C) groups is 1. The van der Waals surface area contributed by atoms with Gasteiger partial charge in [0.15, 0.2) is 11.2 Å². The van der Waals surface area contributed by atoms with Gasteiger partial charge in [-0.15, -0.1) is 0 Å². The summed E-state index contributed by atoms with van der Waals surface area (Å²) in [6, 6.07) is 8.11. The maximum absolute atomic E-state index is 13.2. The van der Waals surface area contributed by atoms with E-state index in [1.54, 1.807) is 7.05 Å². The van der Waals surface area contributed by atoms with Gasteiger partial charge in [-0.3, -0.25) is 18.9 Å². The zero-order chi connectivity index (χ0) is 20.8. The monoisotopic (exact) mass is 425 g/mol. The molecule has 2 aromatic heterocycles. The van der Waals surface area contributed by atoms with E-state index in [1.165, 1.54) is 20.9 Å². The molecule has 9 nitrogen and oxygen atoms in total. The number of nitrogens with two attached hydrogens (primary N) is 1. The molecule has 0 spiro atoms. The highest BCUT2D eigenvalue weighted by Crippen LogP contribution is 2.29. The van der Waals surface area contributed by atoms with Crippen molar-refractivity contribution in [2.75, 3.05) is 18.0 Å². The lowest BCUT2D eigenvalue weighted by Crippen LogP contribution is -2.43. The average molecular weight is 426 g/mol. The van der Waals surface area contributed by atoms with Gasteiger partial charge in [0.05, 0.1) is 18.1 Å². The van der Waals surface area contributed by atoms with Gasteiger partial charge in [0.25, 0.3) is 5.56 Å². The van der Waals surface area contributed by atoms with Crippen molar-refractivity contribution in [3.63, 3.8) is 0 Å². The number of imidazole rings is 1. The van der Waals surface area contributed by atoms with Gasteiger partial charge in [-0.05, 0) is 24.5 Å². The minimum absolute atomic E-state index is 0.0802. The Labute approximate surface area is 176 Å². The van der Waals surface area contributed by atoms with Gasteiger partial charge < -0.3 is 15.6 Å². The van der Waals surface area contributed by atoms with Crippen molar-refractivity contribution < 1.29 is 0 Å². The molecule has 1 aromatic carbocycles. The summed E-state index contributed by atoms with van der Waals surface area (Å²) in [6.45, 7) is 2.19. The number of aromatic amines is 1. The Morgan fingerprint density at radius 2 is 2.13 bits per heavy atom. The molecule has 10 heteroatoms. The Kier molecular flexibility index (Phi) is 4.75. The lowest BCUT2D eigenvalue weighted by Gasteiger charge is -2.30. The Morgan fingerprint density at radius 1 is 1.30 bits per heavy atom. The van der Waals surface area contributed by atoms with Crippen LogP contribution in [0.5, 0.6) is 0 Å². The van der Waals surface area contributed by atoms with Crippen LogP contribution < -0.4 is 21.9 Å². The van der Waals surface area contributed by atoms with Crippen molar-refractivity contribution >= 4 is 33.9 Å². The molecule has 0 aliphatic carbocycles. The highest BCUT2D eigenvalue weighted by atomic mass is 32.2. The number of hydrogen-bond donors (Lipinski definition) is 2. The largest absolute Gasteiger partial charge is 0.341 e. The highest BCUT2D eigenvalue weighted by molar-refractivity contribution is 8.14. The van der Waals surface area contributed by atoms with Crippen LogP contribution in [0, 0.1) is 0 Å². The normalized spacial score (nSPS) is 19.1. The Balaban J connectivity index is 1.51. The molecule has 0 bridgehead atoms. The smallest absolute Gasteiger partial charge is 0.332 e. The van der Waals surface area contributed by atoms with Gasteiger partial charge in [0.1, 0.15) is 0 Å². The first kappa shape index (κ1) is 19.1. The number of thioether (sulfide) groups is 1. The Bertz CT molecular complexity index is 1270. The van der Waals surface area contributed by atoms with Gasteiger partial charge in [0.2, 0.25) is 5.95 Å². The maximum atomic E-state index is 13.2. The Hall–Kier alpha value is -2.85. The maximum Gasteiger partial charge on any atom is 0.332 e. The number of nitrogens with one attached hydrogen (secondary N) is 1. The summed E-state index contributed by atoms with van der Waals surface area (Å²) >= 11 is 1.50. The van der Waals surface area contributed by atoms with E-state index in [1.807, 2.05) is 29.2 Å². The summed E-state index contributed by atoms with van der Waals surface area (Å²) in [5.74, 6) is 0.586. The minimum atomic E-state index is -0.400. The second-order valence-electron chi connectivity index (χ2n) is 7.76. The van der Waals surface area contributed by atoms with Crippen LogP contribution in [0.2, 0.25) is 0 Å². The second kappa shape index (κ2) is 7.44. The van der Waals surface area contributed by atoms with E-state index < -0.39 is 5.69 Å². The number of hydrogen-bond acceptors (Lipinski definition) is 7. The highest BCUT2D eigenvalue weighted by Gasteiger charge is 2.23. The van der Waals surface area contributed by atoms with Crippen LogP contribution >= 0.6 is 11.8 Å². The Morgan fingerprint density at radius 3 is 2.97 bits per heavy atom. The summed E-state index contributed by atoms with van der Waals surface area (Å²) in [4.78, 5) is 41.5. The summed E-state index contributed by atoms with van der Waals surface area (Å²) in [5.41, 5.74) is 7.14. The van der Waals surface area contributed by atoms with E-state index in [0.717, 1.165) is 34.9 Å². The van der Waals surface area contributed by atoms with Crippen molar-refractivity contribution in [1.29, 1.82) is 0 Å². The van der Waals surface area contributed by atoms with E-state index in [2.05, 4.69) is 15.0 Å².